The van der Waals surface area contributed by atoms with E-state index in [-0.39, 0.29) is 5.41 Å². The zero-order valence-electron chi connectivity index (χ0n) is 8.84. The number of hydrogen-bond acceptors (Lipinski definition) is 3. The summed E-state index contributed by atoms with van der Waals surface area (Å²) in [4.78, 5) is 0. The Morgan fingerprint density at radius 2 is 2.00 bits per heavy atom. The van der Waals surface area contributed by atoms with Crippen LogP contribution in [0.5, 0.6) is 0 Å². The van der Waals surface area contributed by atoms with Crippen LogP contribution < -0.4 is 5.73 Å². The summed E-state index contributed by atoms with van der Waals surface area (Å²) in [6.07, 6.45) is 0.916. The SMILES string of the molecule is COCCS(=O)CCC(C)(C)CN. The maximum Gasteiger partial charge on any atom is 0.0577 e. The normalized spacial score (nSPS) is 14.5. The monoisotopic (exact) mass is 207 g/mol. The van der Waals surface area contributed by atoms with Crippen molar-refractivity contribution >= 4 is 10.8 Å². The highest BCUT2D eigenvalue weighted by Gasteiger charge is 2.16. The van der Waals surface area contributed by atoms with Crippen molar-refractivity contribution < 1.29 is 8.95 Å². The van der Waals surface area contributed by atoms with Crippen molar-refractivity contribution in [1.82, 2.24) is 0 Å². The zero-order chi connectivity index (χ0) is 10.3. The molecule has 0 saturated heterocycles. The first-order valence-electron chi connectivity index (χ1n) is 4.56. The number of hydrogen-bond donors (Lipinski definition) is 1. The van der Waals surface area contributed by atoms with E-state index in [0.717, 1.165) is 12.2 Å². The van der Waals surface area contributed by atoms with E-state index in [2.05, 4.69) is 13.8 Å². The maximum absolute atomic E-state index is 11.4. The Labute approximate surface area is 83.5 Å². The van der Waals surface area contributed by atoms with Crippen molar-refractivity contribution in [2.45, 2.75) is 20.3 Å². The Bertz CT molecular complexity index is 160. The summed E-state index contributed by atoms with van der Waals surface area (Å²) < 4.78 is 16.2. The van der Waals surface area contributed by atoms with Gasteiger partial charge in [-0.05, 0) is 18.4 Å². The van der Waals surface area contributed by atoms with Gasteiger partial charge in [-0.3, -0.25) is 4.21 Å². The van der Waals surface area contributed by atoms with Gasteiger partial charge in [-0.25, -0.2) is 0 Å². The van der Waals surface area contributed by atoms with Gasteiger partial charge in [-0.15, -0.1) is 0 Å². The quantitative estimate of drug-likeness (QED) is 0.670. The lowest BCUT2D eigenvalue weighted by atomic mass is 9.91. The van der Waals surface area contributed by atoms with E-state index >= 15 is 0 Å². The van der Waals surface area contributed by atoms with Crippen LogP contribution in [0.25, 0.3) is 0 Å². The van der Waals surface area contributed by atoms with Gasteiger partial charge in [0, 0.05) is 29.4 Å². The topological polar surface area (TPSA) is 52.3 Å². The van der Waals surface area contributed by atoms with Gasteiger partial charge in [0.25, 0.3) is 0 Å². The molecule has 0 radical (unpaired) electrons. The fourth-order valence-corrected chi connectivity index (χ4v) is 2.11. The number of rotatable bonds is 7. The molecule has 0 aromatic carbocycles. The van der Waals surface area contributed by atoms with Crippen molar-refractivity contribution in [3.63, 3.8) is 0 Å². The van der Waals surface area contributed by atoms with Crippen LogP contribution in [0.4, 0.5) is 0 Å². The molecule has 0 saturated carbocycles. The van der Waals surface area contributed by atoms with Crippen LogP contribution in [0.2, 0.25) is 0 Å². The number of ether oxygens (including phenoxy) is 1. The molecule has 1 atom stereocenters. The Morgan fingerprint density at radius 1 is 1.38 bits per heavy atom. The third-order valence-corrected chi connectivity index (χ3v) is 3.36. The lowest BCUT2D eigenvalue weighted by Gasteiger charge is -2.21. The first kappa shape index (κ1) is 13.1. The molecule has 1 unspecified atom stereocenters. The highest BCUT2D eigenvalue weighted by atomic mass is 32.2. The van der Waals surface area contributed by atoms with E-state index in [4.69, 9.17) is 10.5 Å². The van der Waals surface area contributed by atoms with Crippen molar-refractivity contribution in [3.05, 3.63) is 0 Å². The molecule has 0 rings (SSSR count). The smallest absolute Gasteiger partial charge is 0.0577 e. The lowest BCUT2D eigenvalue weighted by molar-refractivity contribution is 0.218. The maximum atomic E-state index is 11.4. The van der Waals surface area contributed by atoms with Crippen molar-refractivity contribution in [3.8, 4) is 0 Å². The van der Waals surface area contributed by atoms with E-state index in [1.807, 2.05) is 0 Å². The first-order chi connectivity index (χ1) is 6.02. The standard InChI is InChI=1S/C9H21NO2S/c1-9(2,8-10)4-6-13(11)7-5-12-3/h4-8,10H2,1-3H3. The minimum atomic E-state index is -0.749. The molecule has 0 spiro atoms. The molecule has 80 valence electrons. The summed E-state index contributed by atoms with van der Waals surface area (Å²) in [6.45, 7) is 5.42. The molecule has 3 nitrogen and oxygen atoms in total. The van der Waals surface area contributed by atoms with E-state index < -0.39 is 10.8 Å². The van der Waals surface area contributed by atoms with Crippen LogP contribution in [0, 0.1) is 5.41 Å². The van der Waals surface area contributed by atoms with E-state index in [0.29, 0.717) is 18.9 Å². The molecule has 0 aromatic rings. The largest absolute Gasteiger partial charge is 0.384 e. The van der Waals surface area contributed by atoms with Gasteiger partial charge in [0.1, 0.15) is 0 Å². The summed E-state index contributed by atoms with van der Waals surface area (Å²) in [5, 5.41) is 0. The first-order valence-corrected chi connectivity index (χ1v) is 6.04. The molecule has 0 fully saturated rings. The molecule has 4 heteroatoms. The van der Waals surface area contributed by atoms with E-state index in [1.54, 1.807) is 7.11 Å². The Hall–Kier alpha value is 0.0700. The highest BCUT2D eigenvalue weighted by molar-refractivity contribution is 7.84. The molecule has 0 aliphatic heterocycles. The summed E-state index contributed by atoms with van der Waals surface area (Å²) in [7, 11) is 0.877. The van der Waals surface area contributed by atoms with Gasteiger partial charge < -0.3 is 10.5 Å². The van der Waals surface area contributed by atoms with Crippen molar-refractivity contribution in [2.75, 3.05) is 31.8 Å². The molecule has 0 aliphatic carbocycles. The molecule has 0 amide bonds. The Kier molecular flexibility index (Phi) is 6.55. The zero-order valence-corrected chi connectivity index (χ0v) is 9.65. The second kappa shape index (κ2) is 6.51. The van der Waals surface area contributed by atoms with E-state index in [9.17, 15) is 4.21 Å². The molecule has 13 heavy (non-hydrogen) atoms. The number of methoxy groups -OCH3 is 1. The fraction of sp³-hybridized carbons (Fsp3) is 1.00. The van der Waals surface area contributed by atoms with Gasteiger partial charge in [0.15, 0.2) is 0 Å². The average Bonchev–Trinajstić information content (AvgIpc) is 2.11. The lowest BCUT2D eigenvalue weighted by Crippen LogP contribution is -2.26. The Morgan fingerprint density at radius 3 is 2.46 bits per heavy atom. The van der Waals surface area contributed by atoms with Gasteiger partial charge in [0.05, 0.1) is 6.61 Å². The van der Waals surface area contributed by atoms with E-state index in [1.165, 1.54) is 0 Å². The van der Waals surface area contributed by atoms with Gasteiger partial charge in [0.2, 0.25) is 0 Å². The second-order valence-corrected chi connectivity index (χ2v) is 5.66. The minimum Gasteiger partial charge on any atom is -0.384 e. The summed E-state index contributed by atoms with van der Waals surface area (Å²) in [5.41, 5.74) is 5.68. The molecule has 0 aliphatic rings. The van der Waals surface area contributed by atoms with Crippen LogP contribution in [0.3, 0.4) is 0 Å². The molecule has 2 N–H and O–H groups in total. The fourth-order valence-electron chi connectivity index (χ4n) is 0.771. The Balaban J connectivity index is 3.57. The van der Waals surface area contributed by atoms with Gasteiger partial charge in [-0.2, -0.15) is 0 Å². The van der Waals surface area contributed by atoms with Crippen molar-refractivity contribution in [1.29, 1.82) is 0 Å². The minimum absolute atomic E-state index is 0.114. The van der Waals surface area contributed by atoms with Crippen molar-refractivity contribution in [2.24, 2.45) is 11.1 Å². The van der Waals surface area contributed by atoms with Crippen LogP contribution >= 0.6 is 0 Å². The summed E-state index contributed by atoms with van der Waals surface area (Å²) in [6, 6.07) is 0. The summed E-state index contributed by atoms with van der Waals surface area (Å²) in [5.74, 6) is 1.37. The molecule has 0 aromatic heterocycles. The average molecular weight is 207 g/mol. The molecule has 0 heterocycles. The molecular weight excluding hydrogens is 186 g/mol. The predicted octanol–water partition coefficient (Wildman–Crippen LogP) is 0.757. The van der Waals surface area contributed by atoms with Crippen LogP contribution in [-0.2, 0) is 15.5 Å². The summed E-state index contributed by atoms with van der Waals surface area (Å²) >= 11 is 0. The predicted molar refractivity (Wildman–Crippen MR) is 57.2 cm³/mol. The van der Waals surface area contributed by atoms with Crippen LogP contribution in [0.15, 0.2) is 0 Å². The van der Waals surface area contributed by atoms with Gasteiger partial charge >= 0.3 is 0 Å². The van der Waals surface area contributed by atoms with Gasteiger partial charge in [-0.1, -0.05) is 13.8 Å². The molecule has 0 bridgehead atoms. The molecular formula is C9H21NO2S. The van der Waals surface area contributed by atoms with Crippen LogP contribution in [0.1, 0.15) is 20.3 Å². The van der Waals surface area contributed by atoms with Crippen LogP contribution in [-0.4, -0.2) is 36.0 Å². The third-order valence-electron chi connectivity index (χ3n) is 2.07. The third kappa shape index (κ3) is 7.16. The highest BCUT2D eigenvalue weighted by Crippen LogP contribution is 2.18. The second-order valence-electron chi connectivity index (χ2n) is 3.96. The number of nitrogens with two attached hydrogens (primary N) is 1.